The van der Waals surface area contributed by atoms with Crippen LogP contribution in [0, 0.1) is 6.92 Å². The average Bonchev–Trinajstić information content (AvgIpc) is 2.82. The summed E-state index contributed by atoms with van der Waals surface area (Å²) in [5, 5.41) is 3.05. The number of methoxy groups -OCH3 is 1. The Kier molecular flexibility index (Phi) is 8.09. The topological polar surface area (TPSA) is 47.6 Å². The molecule has 0 radical (unpaired) electrons. The molecule has 0 spiro atoms. The second kappa shape index (κ2) is 11.2. The monoisotopic (exact) mass is 429 g/mol. The van der Waals surface area contributed by atoms with Crippen LogP contribution in [0.2, 0.25) is 0 Å². The van der Waals surface area contributed by atoms with E-state index in [1.54, 1.807) is 19.3 Å². The van der Waals surface area contributed by atoms with Crippen molar-refractivity contribution in [1.82, 2.24) is 0 Å². The summed E-state index contributed by atoms with van der Waals surface area (Å²) in [5.74, 6) is 1.15. The van der Waals surface area contributed by atoms with Crippen LogP contribution in [0.4, 0.5) is 5.69 Å². The molecule has 0 atom stereocenters. The van der Waals surface area contributed by atoms with Gasteiger partial charge >= 0.3 is 0 Å². The fourth-order valence-corrected chi connectivity index (χ4v) is 3.57. The normalized spacial score (nSPS) is 10.9. The average molecular weight is 430 g/mol. The summed E-state index contributed by atoms with van der Waals surface area (Å²) in [6, 6.07) is 19.9. The maximum Gasteiger partial charge on any atom is 0.248 e. The lowest BCUT2D eigenvalue weighted by Gasteiger charge is -2.13. The molecule has 3 aromatic carbocycles. The van der Waals surface area contributed by atoms with Gasteiger partial charge in [-0.25, -0.2) is 0 Å². The van der Waals surface area contributed by atoms with Crippen molar-refractivity contribution in [3.05, 3.63) is 94.6 Å². The minimum atomic E-state index is -0.153. The number of amides is 1. The lowest BCUT2D eigenvalue weighted by atomic mass is 10.0. The van der Waals surface area contributed by atoms with Crippen LogP contribution >= 0.6 is 0 Å². The Morgan fingerprint density at radius 3 is 2.25 bits per heavy atom. The van der Waals surface area contributed by atoms with Crippen molar-refractivity contribution in [2.75, 3.05) is 12.4 Å². The lowest BCUT2D eigenvalue weighted by molar-refractivity contribution is -0.111. The third-order valence-electron chi connectivity index (χ3n) is 5.51. The molecule has 4 heteroatoms. The first kappa shape index (κ1) is 23.1. The molecule has 4 nitrogen and oxygen atoms in total. The van der Waals surface area contributed by atoms with Gasteiger partial charge in [-0.2, -0.15) is 0 Å². The van der Waals surface area contributed by atoms with Crippen molar-refractivity contribution in [2.45, 2.75) is 40.2 Å². The standard InChI is InChI=1S/C28H31NO3/c1-5-22-12-9-13-23(6-2)28(22)29-27(30)17-15-21-14-16-25(26(18-21)31-4)32-19-24-11-8-7-10-20(24)3/h7-18H,5-6,19H2,1-4H3,(H,29,30)/b17-15+. The summed E-state index contributed by atoms with van der Waals surface area (Å²) in [4.78, 5) is 12.6. The van der Waals surface area contributed by atoms with E-state index in [1.165, 1.54) is 5.56 Å². The van der Waals surface area contributed by atoms with Gasteiger partial charge in [-0.1, -0.05) is 62.4 Å². The molecule has 166 valence electrons. The number of hydrogen-bond donors (Lipinski definition) is 1. The quantitative estimate of drug-likeness (QED) is 0.403. The molecule has 0 unspecified atom stereocenters. The summed E-state index contributed by atoms with van der Waals surface area (Å²) in [6.45, 7) is 6.72. The molecule has 0 aliphatic carbocycles. The molecular weight excluding hydrogens is 398 g/mol. The van der Waals surface area contributed by atoms with Crippen molar-refractivity contribution in [3.8, 4) is 11.5 Å². The van der Waals surface area contributed by atoms with Crippen molar-refractivity contribution < 1.29 is 14.3 Å². The molecule has 0 bridgehead atoms. The third-order valence-corrected chi connectivity index (χ3v) is 5.51. The van der Waals surface area contributed by atoms with Crippen molar-refractivity contribution in [2.24, 2.45) is 0 Å². The van der Waals surface area contributed by atoms with Gasteiger partial charge in [0, 0.05) is 11.8 Å². The number of benzene rings is 3. The predicted molar refractivity (Wildman–Crippen MR) is 131 cm³/mol. The highest BCUT2D eigenvalue weighted by Gasteiger charge is 2.09. The molecule has 0 saturated carbocycles. The predicted octanol–water partition coefficient (Wildman–Crippen LogP) is 6.36. The number of anilines is 1. The van der Waals surface area contributed by atoms with Gasteiger partial charge in [-0.15, -0.1) is 0 Å². The van der Waals surface area contributed by atoms with Crippen LogP contribution in [0.15, 0.2) is 66.7 Å². The van der Waals surface area contributed by atoms with Gasteiger partial charge in [0.25, 0.3) is 0 Å². The van der Waals surface area contributed by atoms with Gasteiger partial charge < -0.3 is 14.8 Å². The maximum atomic E-state index is 12.6. The number of rotatable bonds is 9. The number of para-hydroxylation sites is 1. The maximum absolute atomic E-state index is 12.6. The Morgan fingerprint density at radius 2 is 1.59 bits per heavy atom. The molecule has 0 heterocycles. The molecule has 0 fully saturated rings. The van der Waals surface area contributed by atoms with Gasteiger partial charge in [0.2, 0.25) is 5.91 Å². The molecule has 0 saturated heterocycles. The minimum absolute atomic E-state index is 0.153. The van der Waals surface area contributed by atoms with E-state index in [9.17, 15) is 4.79 Å². The van der Waals surface area contributed by atoms with Gasteiger partial charge in [-0.3, -0.25) is 4.79 Å². The van der Waals surface area contributed by atoms with Crippen molar-refractivity contribution >= 4 is 17.7 Å². The van der Waals surface area contributed by atoms with Gasteiger partial charge in [0.15, 0.2) is 11.5 Å². The zero-order valence-electron chi connectivity index (χ0n) is 19.3. The van der Waals surface area contributed by atoms with Crippen LogP contribution in [-0.4, -0.2) is 13.0 Å². The van der Waals surface area contributed by atoms with Crippen LogP contribution in [0.5, 0.6) is 11.5 Å². The zero-order chi connectivity index (χ0) is 22.9. The second-order valence-electron chi connectivity index (χ2n) is 7.61. The van der Waals surface area contributed by atoms with E-state index in [0.717, 1.165) is 40.8 Å². The summed E-state index contributed by atoms with van der Waals surface area (Å²) in [6.07, 6.45) is 5.07. The van der Waals surface area contributed by atoms with E-state index in [-0.39, 0.29) is 5.91 Å². The van der Waals surface area contributed by atoms with Crippen molar-refractivity contribution in [3.63, 3.8) is 0 Å². The highest BCUT2D eigenvalue weighted by Crippen LogP contribution is 2.30. The van der Waals surface area contributed by atoms with Gasteiger partial charge in [0.05, 0.1) is 7.11 Å². The molecule has 32 heavy (non-hydrogen) atoms. The highest BCUT2D eigenvalue weighted by atomic mass is 16.5. The largest absolute Gasteiger partial charge is 0.493 e. The SMILES string of the molecule is CCc1cccc(CC)c1NC(=O)/C=C/c1ccc(OCc2ccccc2C)c(OC)c1. The van der Waals surface area contributed by atoms with Crippen LogP contribution in [-0.2, 0) is 24.2 Å². The second-order valence-corrected chi connectivity index (χ2v) is 7.61. The fraction of sp³-hybridized carbons (Fsp3) is 0.250. The number of ether oxygens (including phenoxy) is 2. The smallest absolute Gasteiger partial charge is 0.248 e. The molecule has 0 aliphatic heterocycles. The number of hydrogen-bond acceptors (Lipinski definition) is 3. The minimum Gasteiger partial charge on any atom is -0.493 e. The molecule has 3 rings (SSSR count). The first-order valence-electron chi connectivity index (χ1n) is 11.0. The van der Waals surface area contributed by atoms with Crippen LogP contribution < -0.4 is 14.8 Å². The number of carbonyl (C=O) groups excluding carboxylic acids is 1. The molecule has 0 aromatic heterocycles. The van der Waals surface area contributed by atoms with Gasteiger partial charge in [0.1, 0.15) is 6.61 Å². The van der Waals surface area contributed by atoms with E-state index in [2.05, 4.69) is 50.4 Å². The van der Waals surface area contributed by atoms with E-state index < -0.39 is 0 Å². The first-order chi connectivity index (χ1) is 15.5. The molecule has 0 aliphatic rings. The van der Waals surface area contributed by atoms with Crippen molar-refractivity contribution in [1.29, 1.82) is 0 Å². The molecule has 3 aromatic rings. The third kappa shape index (κ3) is 5.79. The Morgan fingerprint density at radius 1 is 0.906 bits per heavy atom. The lowest BCUT2D eigenvalue weighted by Crippen LogP contribution is -2.11. The van der Waals surface area contributed by atoms with Crippen LogP contribution in [0.25, 0.3) is 6.08 Å². The van der Waals surface area contributed by atoms with E-state index in [4.69, 9.17) is 9.47 Å². The fourth-order valence-electron chi connectivity index (χ4n) is 3.57. The van der Waals surface area contributed by atoms with Crippen LogP contribution in [0.1, 0.15) is 41.7 Å². The van der Waals surface area contributed by atoms with Crippen LogP contribution in [0.3, 0.4) is 0 Å². The van der Waals surface area contributed by atoms with E-state index in [0.29, 0.717) is 18.1 Å². The van der Waals surface area contributed by atoms with Gasteiger partial charge in [-0.05, 0) is 65.8 Å². The molecule has 1 amide bonds. The molecule has 1 N–H and O–H groups in total. The number of nitrogens with one attached hydrogen (secondary N) is 1. The van der Waals surface area contributed by atoms with E-state index in [1.807, 2.05) is 36.4 Å². The Bertz CT molecular complexity index is 1080. The summed E-state index contributed by atoms with van der Waals surface area (Å²) >= 11 is 0. The summed E-state index contributed by atoms with van der Waals surface area (Å²) < 4.78 is 11.5. The number of carbonyl (C=O) groups is 1. The Balaban J connectivity index is 1.70. The van der Waals surface area contributed by atoms with E-state index >= 15 is 0 Å². The zero-order valence-corrected chi connectivity index (χ0v) is 19.3. The molecular formula is C28H31NO3. The highest BCUT2D eigenvalue weighted by molar-refractivity contribution is 6.02. The summed E-state index contributed by atoms with van der Waals surface area (Å²) in [7, 11) is 1.62. The Hall–Kier alpha value is -3.53. The Labute approximate surface area is 190 Å². The number of aryl methyl sites for hydroxylation is 3. The first-order valence-corrected chi connectivity index (χ1v) is 11.0. The summed E-state index contributed by atoms with van der Waals surface area (Å²) in [5.41, 5.74) is 6.39.